The maximum atomic E-state index is 6.01. The highest BCUT2D eigenvalue weighted by molar-refractivity contribution is 6.30. The van der Waals surface area contributed by atoms with E-state index in [9.17, 15) is 0 Å². The molecule has 0 fully saturated rings. The fraction of sp³-hybridized carbons (Fsp3) is 0. The van der Waals surface area contributed by atoms with Crippen LogP contribution >= 0.6 is 11.6 Å². The number of nitrogens with zero attached hydrogens (tertiary/aromatic N) is 1. The van der Waals surface area contributed by atoms with E-state index in [1.54, 1.807) is 6.21 Å². The summed E-state index contributed by atoms with van der Waals surface area (Å²) in [6.45, 7) is 0. The lowest BCUT2D eigenvalue weighted by molar-refractivity contribution is 0.575. The van der Waals surface area contributed by atoms with Crippen molar-refractivity contribution in [1.82, 2.24) is 4.98 Å². The van der Waals surface area contributed by atoms with Crippen molar-refractivity contribution in [2.24, 2.45) is 4.99 Å². The first-order valence-electron chi connectivity index (χ1n) is 7.25. The lowest BCUT2D eigenvalue weighted by Gasteiger charge is -1.97. The molecule has 0 aliphatic heterocycles. The van der Waals surface area contributed by atoms with Crippen LogP contribution in [0.2, 0.25) is 5.02 Å². The van der Waals surface area contributed by atoms with Gasteiger partial charge in [0.1, 0.15) is 11.5 Å². The summed E-state index contributed by atoms with van der Waals surface area (Å²) in [6, 6.07) is 19.5. The number of hydrogen-bond acceptors (Lipinski definition) is 2. The number of furan rings is 1. The van der Waals surface area contributed by atoms with Gasteiger partial charge >= 0.3 is 0 Å². The van der Waals surface area contributed by atoms with E-state index >= 15 is 0 Å². The Bertz CT molecular complexity index is 997. The Morgan fingerprint density at radius 3 is 2.87 bits per heavy atom. The largest absolute Gasteiger partial charge is 0.455 e. The van der Waals surface area contributed by atoms with Crippen molar-refractivity contribution < 1.29 is 4.42 Å². The van der Waals surface area contributed by atoms with E-state index in [2.05, 4.69) is 9.98 Å². The van der Waals surface area contributed by atoms with Crippen LogP contribution in [0.15, 0.2) is 76.3 Å². The number of benzene rings is 2. The fourth-order valence-corrected chi connectivity index (χ4v) is 2.66. The van der Waals surface area contributed by atoms with Gasteiger partial charge in [0, 0.05) is 22.3 Å². The average Bonchev–Trinajstić information content (AvgIpc) is 3.21. The van der Waals surface area contributed by atoms with Gasteiger partial charge < -0.3 is 9.40 Å². The van der Waals surface area contributed by atoms with Gasteiger partial charge in [0.05, 0.1) is 11.9 Å². The number of hydrogen-bond donors (Lipinski definition) is 1. The fourth-order valence-electron chi connectivity index (χ4n) is 2.47. The molecule has 1 N–H and O–H groups in total. The van der Waals surface area contributed by atoms with E-state index in [-0.39, 0.29) is 0 Å². The minimum atomic E-state index is 0.688. The molecule has 2 aromatic heterocycles. The third-order valence-corrected chi connectivity index (χ3v) is 3.85. The van der Waals surface area contributed by atoms with Crippen LogP contribution in [0.25, 0.3) is 22.2 Å². The van der Waals surface area contributed by atoms with Crippen LogP contribution in [0.5, 0.6) is 0 Å². The first-order chi connectivity index (χ1) is 11.3. The lowest BCUT2D eigenvalue weighted by atomic mass is 10.2. The summed E-state index contributed by atoms with van der Waals surface area (Å²) >= 11 is 6.01. The molecule has 2 aromatic carbocycles. The van der Waals surface area contributed by atoms with Gasteiger partial charge in [0.15, 0.2) is 0 Å². The summed E-state index contributed by atoms with van der Waals surface area (Å²) in [4.78, 5) is 7.65. The molecule has 0 amide bonds. The molecule has 4 rings (SSSR count). The number of halogens is 1. The van der Waals surface area contributed by atoms with Gasteiger partial charge in [0.25, 0.3) is 0 Å². The van der Waals surface area contributed by atoms with Gasteiger partial charge in [-0.25, -0.2) is 0 Å². The minimum Gasteiger partial charge on any atom is -0.455 e. The molecule has 0 atom stereocenters. The highest BCUT2D eigenvalue weighted by atomic mass is 35.5. The van der Waals surface area contributed by atoms with Gasteiger partial charge in [-0.15, -0.1) is 0 Å². The van der Waals surface area contributed by atoms with Crippen molar-refractivity contribution >= 4 is 34.4 Å². The third-order valence-electron chi connectivity index (χ3n) is 3.62. The highest BCUT2D eigenvalue weighted by Crippen LogP contribution is 2.25. The second kappa shape index (κ2) is 5.78. The molecule has 4 heteroatoms. The number of aromatic nitrogens is 1. The standard InChI is InChI=1S/C19H13ClN2O/c20-15-3-1-2-14(10-15)19-7-6-17(23-19)12-22-16-5-4-13-8-9-21-18(13)11-16/h1-12,21H. The van der Waals surface area contributed by atoms with Crippen LogP contribution in [0.1, 0.15) is 5.76 Å². The maximum Gasteiger partial charge on any atom is 0.145 e. The third kappa shape index (κ3) is 2.91. The Morgan fingerprint density at radius 2 is 1.96 bits per heavy atom. The summed E-state index contributed by atoms with van der Waals surface area (Å²) < 4.78 is 5.80. The number of aliphatic imine (C=N–C) groups is 1. The second-order valence-corrected chi connectivity index (χ2v) is 5.66. The van der Waals surface area contributed by atoms with Crippen molar-refractivity contribution in [3.05, 3.63) is 77.6 Å². The SMILES string of the molecule is Clc1cccc(-c2ccc(C=Nc3ccc4cc[nH]c4c3)o2)c1. The molecule has 0 aliphatic rings. The van der Waals surface area contributed by atoms with Crippen LogP contribution in [0.3, 0.4) is 0 Å². The molecule has 0 bridgehead atoms. The number of aromatic amines is 1. The van der Waals surface area contributed by atoms with Crippen LogP contribution < -0.4 is 0 Å². The van der Waals surface area contributed by atoms with Gasteiger partial charge in [0.2, 0.25) is 0 Å². The highest BCUT2D eigenvalue weighted by Gasteiger charge is 2.04. The van der Waals surface area contributed by atoms with Crippen LogP contribution in [0.4, 0.5) is 5.69 Å². The second-order valence-electron chi connectivity index (χ2n) is 5.22. The van der Waals surface area contributed by atoms with E-state index in [0.29, 0.717) is 10.8 Å². The molecular formula is C19H13ClN2O. The van der Waals surface area contributed by atoms with Crippen molar-refractivity contribution in [3.8, 4) is 11.3 Å². The molecule has 0 unspecified atom stereocenters. The summed E-state index contributed by atoms with van der Waals surface area (Å²) in [7, 11) is 0. The predicted octanol–water partition coefficient (Wildman–Crippen LogP) is 5.83. The molecule has 0 saturated heterocycles. The molecule has 0 spiro atoms. The topological polar surface area (TPSA) is 41.3 Å². The van der Waals surface area contributed by atoms with E-state index in [0.717, 1.165) is 22.5 Å². The van der Waals surface area contributed by atoms with Gasteiger partial charge in [-0.2, -0.15) is 0 Å². The molecule has 23 heavy (non-hydrogen) atoms. The van der Waals surface area contributed by atoms with Crippen molar-refractivity contribution in [2.45, 2.75) is 0 Å². The molecule has 4 aromatic rings. The van der Waals surface area contributed by atoms with Gasteiger partial charge in [-0.1, -0.05) is 29.8 Å². The number of fused-ring (bicyclic) bond motifs is 1. The zero-order chi connectivity index (χ0) is 15.6. The Labute approximate surface area is 138 Å². The summed E-state index contributed by atoms with van der Waals surface area (Å²) in [5, 5.41) is 1.86. The average molecular weight is 321 g/mol. The van der Waals surface area contributed by atoms with Gasteiger partial charge in [-0.3, -0.25) is 4.99 Å². The summed E-state index contributed by atoms with van der Waals surface area (Å²) in [6.07, 6.45) is 3.64. The molecule has 0 radical (unpaired) electrons. The lowest BCUT2D eigenvalue weighted by Crippen LogP contribution is -1.76. The van der Waals surface area contributed by atoms with Crippen molar-refractivity contribution in [1.29, 1.82) is 0 Å². The zero-order valence-corrected chi connectivity index (χ0v) is 12.9. The number of rotatable bonds is 3. The van der Waals surface area contributed by atoms with Crippen LogP contribution in [-0.2, 0) is 0 Å². The Hall–Kier alpha value is -2.78. The quantitative estimate of drug-likeness (QED) is 0.474. The molecule has 0 aliphatic carbocycles. The first kappa shape index (κ1) is 13.9. The summed E-state index contributed by atoms with van der Waals surface area (Å²) in [5.41, 5.74) is 2.89. The van der Waals surface area contributed by atoms with Crippen molar-refractivity contribution in [2.75, 3.05) is 0 Å². The maximum absolute atomic E-state index is 6.01. The van der Waals surface area contributed by atoms with E-state index in [4.69, 9.17) is 16.0 Å². The molecular weight excluding hydrogens is 308 g/mol. The summed E-state index contributed by atoms with van der Waals surface area (Å²) in [5.74, 6) is 1.47. The minimum absolute atomic E-state index is 0.688. The van der Waals surface area contributed by atoms with Gasteiger partial charge in [-0.05, 0) is 47.9 Å². The Kier molecular flexibility index (Phi) is 3.48. The smallest absolute Gasteiger partial charge is 0.145 e. The molecule has 3 nitrogen and oxygen atoms in total. The number of nitrogens with one attached hydrogen (secondary N) is 1. The normalized spacial score (nSPS) is 11.5. The molecule has 112 valence electrons. The zero-order valence-electron chi connectivity index (χ0n) is 12.2. The van der Waals surface area contributed by atoms with Crippen LogP contribution in [-0.4, -0.2) is 11.2 Å². The van der Waals surface area contributed by atoms with Crippen LogP contribution in [0, 0.1) is 0 Å². The molecule has 0 saturated carbocycles. The van der Waals surface area contributed by atoms with E-state index in [1.165, 1.54) is 5.39 Å². The Balaban J connectivity index is 1.59. The number of H-pyrrole nitrogens is 1. The van der Waals surface area contributed by atoms with Crippen molar-refractivity contribution in [3.63, 3.8) is 0 Å². The predicted molar refractivity (Wildman–Crippen MR) is 94.7 cm³/mol. The van der Waals surface area contributed by atoms with E-state index in [1.807, 2.05) is 66.9 Å². The Morgan fingerprint density at radius 1 is 1.00 bits per heavy atom. The first-order valence-corrected chi connectivity index (χ1v) is 7.63. The van der Waals surface area contributed by atoms with E-state index < -0.39 is 0 Å². The molecule has 2 heterocycles. The monoisotopic (exact) mass is 320 g/mol.